The number of carbonyl (C=O) groups is 1. The van der Waals surface area contributed by atoms with E-state index in [4.69, 9.17) is 4.98 Å². The number of amides is 1. The van der Waals surface area contributed by atoms with E-state index >= 15 is 0 Å². The number of carbonyl (C=O) groups excluding carboxylic acids is 1. The SMILES string of the molecule is Cc1ccccc1-n1ncc2c(C(=O)NCCN3CCN(C)CC3)cc(-c3ccccc3)nc21. The summed E-state index contributed by atoms with van der Waals surface area (Å²) < 4.78 is 1.83. The van der Waals surface area contributed by atoms with Crippen LogP contribution in [0.1, 0.15) is 15.9 Å². The van der Waals surface area contributed by atoms with Gasteiger partial charge < -0.3 is 10.2 Å². The standard InChI is InChI=1S/C27H30N6O/c1-20-8-6-7-11-25(20)33-26-23(19-29-33)22(18-24(30-26)21-9-4-3-5-10-21)27(34)28-12-13-32-16-14-31(2)15-17-32/h3-11,18-19H,12-17H2,1-2H3,(H,28,34). The average Bonchev–Trinajstić information content (AvgIpc) is 3.29. The van der Waals surface area contributed by atoms with E-state index in [1.165, 1.54) is 0 Å². The third kappa shape index (κ3) is 4.58. The molecule has 4 aromatic rings. The second-order valence-corrected chi connectivity index (χ2v) is 8.90. The van der Waals surface area contributed by atoms with Gasteiger partial charge in [0.2, 0.25) is 0 Å². The first-order chi connectivity index (χ1) is 16.6. The first-order valence-electron chi connectivity index (χ1n) is 11.8. The van der Waals surface area contributed by atoms with E-state index < -0.39 is 0 Å². The Hall–Kier alpha value is -3.55. The van der Waals surface area contributed by atoms with Crippen LogP contribution in [0.5, 0.6) is 0 Å². The summed E-state index contributed by atoms with van der Waals surface area (Å²) in [5, 5.41) is 8.51. The van der Waals surface area contributed by atoms with Gasteiger partial charge in [0.05, 0.1) is 28.5 Å². The van der Waals surface area contributed by atoms with Crippen LogP contribution in [0, 0.1) is 6.92 Å². The number of benzene rings is 2. The molecule has 0 aliphatic carbocycles. The molecule has 0 atom stereocenters. The quantitative estimate of drug-likeness (QED) is 0.484. The van der Waals surface area contributed by atoms with Crippen LogP contribution in [0.25, 0.3) is 28.0 Å². The van der Waals surface area contributed by atoms with Gasteiger partial charge in [0.25, 0.3) is 5.91 Å². The van der Waals surface area contributed by atoms with Gasteiger partial charge in [-0.15, -0.1) is 0 Å². The zero-order chi connectivity index (χ0) is 23.5. The van der Waals surface area contributed by atoms with E-state index in [9.17, 15) is 4.79 Å². The van der Waals surface area contributed by atoms with Crippen molar-refractivity contribution >= 4 is 16.9 Å². The fraction of sp³-hybridized carbons (Fsp3) is 0.296. The minimum Gasteiger partial charge on any atom is -0.351 e. The van der Waals surface area contributed by atoms with Gasteiger partial charge in [0.15, 0.2) is 5.65 Å². The van der Waals surface area contributed by atoms with E-state index in [0.717, 1.165) is 60.6 Å². The molecule has 5 rings (SSSR count). The Labute approximate surface area is 200 Å². The van der Waals surface area contributed by atoms with Crippen molar-refractivity contribution in [1.82, 2.24) is 29.9 Å². The molecule has 7 nitrogen and oxygen atoms in total. The van der Waals surface area contributed by atoms with Crippen molar-refractivity contribution in [2.45, 2.75) is 6.92 Å². The van der Waals surface area contributed by atoms with Gasteiger partial charge >= 0.3 is 0 Å². The number of likely N-dealkylation sites (N-methyl/N-ethyl adjacent to an activating group) is 1. The highest BCUT2D eigenvalue weighted by molar-refractivity contribution is 6.06. The Morgan fingerprint density at radius 1 is 1.00 bits per heavy atom. The van der Waals surface area contributed by atoms with Gasteiger partial charge in [-0.25, -0.2) is 9.67 Å². The molecular formula is C27H30N6O. The maximum atomic E-state index is 13.3. The lowest BCUT2D eigenvalue weighted by Gasteiger charge is -2.32. The van der Waals surface area contributed by atoms with E-state index in [1.54, 1.807) is 6.20 Å². The maximum Gasteiger partial charge on any atom is 0.252 e. The number of aryl methyl sites for hydroxylation is 1. The molecule has 7 heteroatoms. The average molecular weight is 455 g/mol. The molecule has 1 aliphatic heterocycles. The van der Waals surface area contributed by atoms with Crippen molar-refractivity contribution in [3.05, 3.63) is 78.0 Å². The lowest BCUT2D eigenvalue weighted by Crippen LogP contribution is -2.46. The van der Waals surface area contributed by atoms with Crippen LogP contribution in [0.3, 0.4) is 0 Å². The van der Waals surface area contributed by atoms with E-state index in [1.807, 2.05) is 59.3 Å². The number of rotatable bonds is 6. The zero-order valence-electron chi connectivity index (χ0n) is 19.7. The fourth-order valence-electron chi connectivity index (χ4n) is 4.42. The topological polar surface area (TPSA) is 66.3 Å². The molecule has 1 saturated heterocycles. The van der Waals surface area contributed by atoms with Crippen molar-refractivity contribution in [3.8, 4) is 16.9 Å². The highest BCUT2D eigenvalue weighted by Crippen LogP contribution is 2.27. The summed E-state index contributed by atoms with van der Waals surface area (Å²) >= 11 is 0. The normalized spacial score (nSPS) is 15.0. The van der Waals surface area contributed by atoms with Gasteiger partial charge in [-0.2, -0.15) is 5.10 Å². The van der Waals surface area contributed by atoms with E-state index in [-0.39, 0.29) is 5.91 Å². The van der Waals surface area contributed by atoms with Crippen LogP contribution in [-0.4, -0.2) is 76.8 Å². The molecule has 174 valence electrons. The monoisotopic (exact) mass is 454 g/mol. The summed E-state index contributed by atoms with van der Waals surface area (Å²) in [6.45, 7) is 7.71. The smallest absolute Gasteiger partial charge is 0.252 e. The number of hydrogen-bond acceptors (Lipinski definition) is 5. The van der Waals surface area contributed by atoms with Crippen LogP contribution >= 0.6 is 0 Å². The van der Waals surface area contributed by atoms with E-state index in [2.05, 4.69) is 40.3 Å². The minimum atomic E-state index is -0.0944. The highest BCUT2D eigenvalue weighted by atomic mass is 16.1. The van der Waals surface area contributed by atoms with Crippen LogP contribution in [0.2, 0.25) is 0 Å². The molecule has 3 heterocycles. The van der Waals surface area contributed by atoms with Crippen molar-refractivity contribution in [3.63, 3.8) is 0 Å². The molecular weight excluding hydrogens is 424 g/mol. The minimum absolute atomic E-state index is 0.0944. The lowest BCUT2D eigenvalue weighted by atomic mass is 10.1. The fourth-order valence-corrected chi connectivity index (χ4v) is 4.42. The predicted octanol–water partition coefficient (Wildman–Crippen LogP) is 3.37. The third-order valence-electron chi connectivity index (χ3n) is 6.51. The molecule has 2 aromatic carbocycles. The molecule has 1 N–H and O–H groups in total. The van der Waals surface area contributed by atoms with Gasteiger partial charge in [-0.3, -0.25) is 9.69 Å². The molecule has 1 fully saturated rings. The van der Waals surface area contributed by atoms with Gasteiger partial charge in [0, 0.05) is 44.8 Å². The number of para-hydroxylation sites is 1. The Bertz CT molecular complexity index is 1290. The summed E-state index contributed by atoms with van der Waals surface area (Å²) in [7, 11) is 2.15. The highest BCUT2D eigenvalue weighted by Gasteiger charge is 2.19. The summed E-state index contributed by atoms with van der Waals surface area (Å²) in [4.78, 5) is 23.0. The lowest BCUT2D eigenvalue weighted by molar-refractivity contribution is 0.0942. The number of nitrogens with one attached hydrogen (secondary N) is 1. The maximum absolute atomic E-state index is 13.3. The number of hydrogen-bond donors (Lipinski definition) is 1. The number of nitrogens with zero attached hydrogens (tertiary/aromatic N) is 5. The first kappa shape index (κ1) is 22.3. The molecule has 2 aromatic heterocycles. The number of aromatic nitrogens is 3. The molecule has 0 saturated carbocycles. The van der Waals surface area contributed by atoms with Crippen LogP contribution in [0.15, 0.2) is 66.9 Å². The summed E-state index contributed by atoms with van der Waals surface area (Å²) in [5.41, 5.74) is 5.05. The molecule has 0 bridgehead atoms. The van der Waals surface area contributed by atoms with E-state index in [0.29, 0.717) is 17.8 Å². The molecule has 0 unspecified atom stereocenters. The molecule has 1 amide bonds. The summed E-state index contributed by atoms with van der Waals surface area (Å²) in [6.07, 6.45) is 1.75. The van der Waals surface area contributed by atoms with Crippen LogP contribution in [0.4, 0.5) is 0 Å². The molecule has 1 aliphatic rings. The molecule has 0 radical (unpaired) electrons. The summed E-state index contributed by atoms with van der Waals surface area (Å²) in [6, 6.07) is 19.9. The second kappa shape index (κ2) is 9.75. The van der Waals surface area contributed by atoms with Gasteiger partial charge in [0.1, 0.15) is 0 Å². The zero-order valence-corrected chi connectivity index (χ0v) is 19.7. The van der Waals surface area contributed by atoms with Gasteiger partial charge in [-0.1, -0.05) is 48.5 Å². The van der Waals surface area contributed by atoms with Crippen molar-refractivity contribution in [2.24, 2.45) is 0 Å². The Morgan fingerprint density at radius 2 is 1.74 bits per heavy atom. The summed E-state index contributed by atoms with van der Waals surface area (Å²) in [5.74, 6) is -0.0944. The second-order valence-electron chi connectivity index (χ2n) is 8.90. The van der Waals surface area contributed by atoms with Crippen LogP contribution in [-0.2, 0) is 0 Å². The molecule has 0 spiro atoms. The van der Waals surface area contributed by atoms with Crippen LogP contribution < -0.4 is 5.32 Å². The van der Waals surface area contributed by atoms with Crippen molar-refractivity contribution in [2.75, 3.05) is 46.3 Å². The van der Waals surface area contributed by atoms with Gasteiger partial charge in [-0.05, 0) is 31.7 Å². The van der Waals surface area contributed by atoms with Crippen molar-refractivity contribution < 1.29 is 4.79 Å². The van der Waals surface area contributed by atoms with Crippen molar-refractivity contribution in [1.29, 1.82) is 0 Å². The Kier molecular flexibility index (Phi) is 6.38. The Morgan fingerprint density at radius 3 is 2.50 bits per heavy atom. The largest absolute Gasteiger partial charge is 0.351 e. The Balaban J connectivity index is 1.48. The molecule has 34 heavy (non-hydrogen) atoms. The predicted molar refractivity (Wildman–Crippen MR) is 135 cm³/mol. The number of pyridine rings is 1. The number of fused-ring (bicyclic) bond motifs is 1. The number of piperazine rings is 1. The third-order valence-corrected chi connectivity index (χ3v) is 6.51. The first-order valence-corrected chi connectivity index (χ1v) is 11.8.